The molecular weight excluding hydrogens is 462 g/mol. The molecule has 1 heterocycles. The molecule has 2 aliphatic rings. The molecule has 0 atom stereocenters. The molecule has 36 heavy (non-hydrogen) atoms. The zero-order valence-electron chi connectivity index (χ0n) is 20.5. The van der Waals surface area contributed by atoms with Crippen molar-refractivity contribution in [3.05, 3.63) is 80.6 Å². The lowest BCUT2D eigenvalue weighted by Crippen LogP contribution is -2.28. The number of nitro groups is 1. The second-order valence-electron chi connectivity index (χ2n) is 8.49. The first-order valence-corrected chi connectivity index (χ1v) is 11.8. The Labute approximate surface area is 209 Å². The van der Waals surface area contributed by atoms with Gasteiger partial charge in [0, 0.05) is 37.0 Å². The lowest BCUT2D eigenvalue weighted by atomic mass is 10.0. The maximum Gasteiger partial charge on any atom is 0.270 e. The summed E-state index contributed by atoms with van der Waals surface area (Å²) >= 11 is 0. The topological polar surface area (TPSA) is 103 Å². The number of non-ortho nitro benzene ring substituents is 1. The number of ether oxygens (including phenoxy) is 3. The Balaban J connectivity index is 1.59. The van der Waals surface area contributed by atoms with E-state index in [9.17, 15) is 14.9 Å². The number of allylic oxidation sites excluding steroid dienone is 3. The minimum atomic E-state index is -0.443. The number of nitrogens with zero attached hydrogens (tertiary/aromatic N) is 3. The molecule has 188 valence electrons. The maximum atomic E-state index is 13.5. The molecule has 1 aliphatic heterocycles. The van der Waals surface area contributed by atoms with Crippen LogP contribution in [0.15, 0.2) is 58.7 Å². The summed E-state index contributed by atoms with van der Waals surface area (Å²) in [5.74, 6) is 0.570. The van der Waals surface area contributed by atoms with Crippen LogP contribution in [-0.4, -0.2) is 42.7 Å². The SMILES string of the molecule is C=Nc1cc(OCc2cc(COCC)cc([N+](=O)[O-])c2)c(OC)cc1C(=O)N1CCC2=C1CCC=C2. The summed E-state index contributed by atoms with van der Waals surface area (Å²) in [5.41, 5.74) is 4.28. The average Bonchev–Trinajstić information content (AvgIpc) is 3.34. The van der Waals surface area contributed by atoms with Gasteiger partial charge in [0.1, 0.15) is 6.61 Å². The van der Waals surface area contributed by atoms with Gasteiger partial charge in [-0.3, -0.25) is 19.9 Å². The van der Waals surface area contributed by atoms with Crippen LogP contribution in [0.25, 0.3) is 0 Å². The van der Waals surface area contributed by atoms with Gasteiger partial charge in [-0.15, -0.1) is 0 Å². The molecule has 0 unspecified atom stereocenters. The van der Waals surface area contributed by atoms with Gasteiger partial charge >= 0.3 is 0 Å². The second kappa shape index (κ2) is 11.2. The summed E-state index contributed by atoms with van der Waals surface area (Å²) < 4.78 is 16.9. The maximum absolute atomic E-state index is 13.5. The molecule has 4 rings (SSSR count). The quantitative estimate of drug-likeness (QED) is 0.247. The summed E-state index contributed by atoms with van der Waals surface area (Å²) in [6, 6.07) is 7.98. The lowest BCUT2D eigenvalue weighted by Gasteiger charge is -2.23. The van der Waals surface area contributed by atoms with Crippen molar-refractivity contribution in [1.29, 1.82) is 0 Å². The van der Waals surface area contributed by atoms with E-state index in [-0.39, 0.29) is 24.8 Å². The Kier molecular flexibility index (Phi) is 7.80. The van der Waals surface area contributed by atoms with E-state index >= 15 is 0 Å². The molecule has 0 saturated heterocycles. The number of amides is 1. The van der Waals surface area contributed by atoms with Crippen molar-refractivity contribution in [2.75, 3.05) is 20.3 Å². The third-order valence-electron chi connectivity index (χ3n) is 6.21. The van der Waals surface area contributed by atoms with Crippen LogP contribution in [-0.2, 0) is 18.0 Å². The summed E-state index contributed by atoms with van der Waals surface area (Å²) in [7, 11) is 1.49. The molecule has 0 fully saturated rings. The molecule has 0 N–H and O–H groups in total. The fourth-order valence-corrected chi connectivity index (χ4v) is 4.49. The molecule has 9 heteroatoms. The molecule has 0 spiro atoms. The highest BCUT2D eigenvalue weighted by Gasteiger charge is 2.30. The molecule has 9 nitrogen and oxygen atoms in total. The summed E-state index contributed by atoms with van der Waals surface area (Å²) in [5, 5.41) is 11.4. The van der Waals surface area contributed by atoms with Crippen molar-refractivity contribution in [2.24, 2.45) is 4.99 Å². The zero-order valence-corrected chi connectivity index (χ0v) is 20.5. The van der Waals surface area contributed by atoms with Crippen molar-refractivity contribution < 1.29 is 23.9 Å². The number of hydrogen-bond acceptors (Lipinski definition) is 7. The minimum absolute atomic E-state index is 0.0380. The van der Waals surface area contributed by atoms with Crippen LogP contribution in [0, 0.1) is 10.1 Å². The Morgan fingerprint density at radius 1 is 1.14 bits per heavy atom. The van der Waals surface area contributed by atoms with Gasteiger partial charge in [0.2, 0.25) is 0 Å². The summed E-state index contributed by atoms with van der Waals surface area (Å²) in [4.78, 5) is 30.3. The first kappa shape index (κ1) is 25.1. The molecular formula is C27H29N3O6. The van der Waals surface area contributed by atoms with E-state index in [1.165, 1.54) is 24.8 Å². The van der Waals surface area contributed by atoms with Gasteiger partial charge in [0.15, 0.2) is 11.5 Å². The van der Waals surface area contributed by atoms with Crippen LogP contribution in [0.2, 0.25) is 0 Å². The predicted molar refractivity (Wildman–Crippen MR) is 136 cm³/mol. The lowest BCUT2D eigenvalue weighted by molar-refractivity contribution is -0.385. The number of carbonyl (C=O) groups excluding carboxylic acids is 1. The van der Waals surface area contributed by atoms with E-state index in [0.717, 1.165) is 25.0 Å². The highest BCUT2D eigenvalue weighted by Crippen LogP contribution is 2.39. The van der Waals surface area contributed by atoms with Gasteiger partial charge in [-0.05, 0) is 61.7 Å². The molecule has 2 aromatic rings. The Morgan fingerprint density at radius 2 is 1.92 bits per heavy atom. The van der Waals surface area contributed by atoms with Gasteiger partial charge in [-0.2, -0.15) is 0 Å². The molecule has 0 saturated carbocycles. The highest BCUT2D eigenvalue weighted by atomic mass is 16.6. The third-order valence-corrected chi connectivity index (χ3v) is 6.21. The highest BCUT2D eigenvalue weighted by molar-refractivity contribution is 6.01. The largest absolute Gasteiger partial charge is 0.493 e. The minimum Gasteiger partial charge on any atom is -0.493 e. The van der Waals surface area contributed by atoms with Gasteiger partial charge < -0.3 is 19.1 Å². The van der Waals surface area contributed by atoms with E-state index in [4.69, 9.17) is 14.2 Å². The standard InChI is InChI=1S/C27H29N3O6/c1-4-35-16-18-11-19(13-21(12-18)30(32)33)17-36-26-15-23(28-2)22(14-25(26)34-3)27(31)29-10-9-20-7-5-6-8-24(20)29/h5,7,11-15H,2,4,6,8-10,16-17H2,1,3H3. The van der Waals surface area contributed by atoms with Crippen LogP contribution < -0.4 is 9.47 Å². The van der Waals surface area contributed by atoms with Crippen LogP contribution in [0.4, 0.5) is 11.4 Å². The average molecular weight is 492 g/mol. The number of benzene rings is 2. The fraction of sp³-hybridized carbons (Fsp3) is 0.333. The van der Waals surface area contributed by atoms with E-state index in [2.05, 4.69) is 23.9 Å². The first-order valence-electron chi connectivity index (χ1n) is 11.8. The molecule has 1 amide bonds. The molecule has 0 bridgehead atoms. The van der Waals surface area contributed by atoms with E-state index in [1.807, 2.05) is 11.8 Å². The number of hydrogen-bond donors (Lipinski definition) is 0. The van der Waals surface area contributed by atoms with Gasteiger partial charge in [-0.1, -0.05) is 12.2 Å². The van der Waals surface area contributed by atoms with Crippen LogP contribution in [0.1, 0.15) is 47.7 Å². The smallest absolute Gasteiger partial charge is 0.270 e. The third kappa shape index (κ3) is 5.31. The first-order chi connectivity index (χ1) is 17.4. The summed E-state index contributed by atoms with van der Waals surface area (Å²) in [6.45, 7) is 6.94. The number of carbonyl (C=O) groups is 1. The van der Waals surface area contributed by atoms with Crippen LogP contribution in [0.5, 0.6) is 11.5 Å². The van der Waals surface area contributed by atoms with E-state index in [1.54, 1.807) is 18.2 Å². The Morgan fingerprint density at radius 3 is 2.61 bits per heavy atom. The fourth-order valence-electron chi connectivity index (χ4n) is 4.49. The van der Waals surface area contributed by atoms with Crippen molar-refractivity contribution >= 4 is 24.0 Å². The Hall–Kier alpha value is -3.98. The molecule has 0 radical (unpaired) electrons. The molecule has 2 aromatic carbocycles. The number of aliphatic imine (C=N–C) groups is 1. The zero-order chi connectivity index (χ0) is 25.7. The number of nitro benzene ring substituents is 1. The van der Waals surface area contributed by atoms with Gasteiger partial charge in [-0.25, -0.2) is 0 Å². The van der Waals surface area contributed by atoms with E-state index in [0.29, 0.717) is 47.0 Å². The number of methoxy groups -OCH3 is 1. The van der Waals surface area contributed by atoms with E-state index < -0.39 is 4.92 Å². The van der Waals surface area contributed by atoms with Crippen molar-refractivity contribution in [3.63, 3.8) is 0 Å². The van der Waals surface area contributed by atoms with Crippen molar-refractivity contribution in [2.45, 2.75) is 39.4 Å². The number of rotatable bonds is 10. The molecule has 0 aromatic heterocycles. The van der Waals surface area contributed by atoms with Crippen molar-refractivity contribution in [3.8, 4) is 11.5 Å². The van der Waals surface area contributed by atoms with Crippen LogP contribution in [0.3, 0.4) is 0 Å². The van der Waals surface area contributed by atoms with Gasteiger partial charge in [0.05, 0.1) is 29.9 Å². The van der Waals surface area contributed by atoms with Crippen LogP contribution >= 0.6 is 0 Å². The second-order valence-corrected chi connectivity index (χ2v) is 8.49. The summed E-state index contributed by atoms with van der Waals surface area (Å²) in [6.07, 6.45) is 6.82. The monoisotopic (exact) mass is 491 g/mol. The van der Waals surface area contributed by atoms with Gasteiger partial charge in [0.25, 0.3) is 11.6 Å². The molecule has 1 aliphatic carbocycles. The predicted octanol–water partition coefficient (Wildman–Crippen LogP) is 5.50. The van der Waals surface area contributed by atoms with Crippen molar-refractivity contribution in [1.82, 2.24) is 4.90 Å². The normalized spacial score (nSPS) is 14.6. The Bertz CT molecular complexity index is 1250.